The lowest BCUT2D eigenvalue weighted by Crippen LogP contribution is -2.46. The van der Waals surface area contributed by atoms with Crippen LogP contribution in [0.25, 0.3) is 5.57 Å². The predicted molar refractivity (Wildman–Crippen MR) is 111 cm³/mol. The van der Waals surface area contributed by atoms with Crippen LogP contribution in [0.5, 0.6) is 0 Å². The fraction of sp³-hybridized carbons (Fsp3) is 0.625. The van der Waals surface area contributed by atoms with Gasteiger partial charge in [0.2, 0.25) is 5.91 Å². The van der Waals surface area contributed by atoms with Crippen molar-refractivity contribution in [2.75, 3.05) is 13.1 Å². The van der Waals surface area contributed by atoms with Crippen LogP contribution in [0.1, 0.15) is 69.8 Å². The van der Waals surface area contributed by atoms with Crippen LogP contribution in [-0.2, 0) is 4.79 Å². The van der Waals surface area contributed by atoms with E-state index in [0.717, 1.165) is 38.6 Å². The molecule has 1 aliphatic heterocycles. The van der Waals surface area contributed by atoms with E-state index in [-0.39, 0.29) is 0 Å². The van der Waals surface area contributed by atoms with E-state index in [9.17, 15) is 4.79 Å². The summed E-state index contributed by atoms with van der Waals surface area (Å²) in [5.74, 6) is 0.631. The molecule has 0 bridgehead atoms. The first-order chi connectivity index (χ1) is 13.3. The summed E-state index contributed by atoms with van der Waals surface area (Å²) in [7, 11) is 0. The first kappa shape index (κ1) is 18.7. The molecular formula is C24H34N2O. The third-order valence-electron chi connectivity index (χ3n) is 6.92. The highest BCUT2D eigenvalue weighted by Gasteiger charge is 2.29. The number of hydrogen-bond donors (Lipinski definition) is 1. The molecule has 27 heavy (non-hydrogen) atoms. The van der Waals surface area contributed by atoms with Gasteiger partial charge in [-0.1, -0.05) is 55.7 Å². The van der Waals surface area contributed by atoms with E-state index in [1.165, 1.54) is 49.8 Å². The van der Waals surface area contributed by atoms with Crippen molar-refractivity contribution < 1.29 is 4.79 Å². The first-order valence-electron chi connectivity index (χ1n) is 11.1. The smallest absolute Gasteiger partial charge is 0.223 e. The summed E-state index contributed by atoms with van der Waals surface area (Å²) in [6.45, 7) is 2.25. The van der Waals surface area contributed by atoms with Crippen molar-refractivity contribution in [3.8, 4) is 0 Å². The number of rotatable bonds is 4. The SMILES string of the molecule is O=C(N[C@H]1CC[C@H](N2CC=C(c3ccccc3)CC2)CC1)C1CCCCC1. The summed E-state index contributed by atoms with van der Waals surface area (Å²) in [5, 5.41) is 3.37. The molecule has 146 valence electrons. The Bertz CT molecular complexity index is 640. The molecule has 1 N–H and O–H groups in total. The van der Waals surface area contributed by atoms with Crippen molar-refractivity contribution in [1.29, 1.82) is 0 Å². The lowest BCUT2D eigenvalue weighted by Gasteiger charge is -2.39. The van der Waals surface area contributed by atoms with Crippen molar-refractivity contribution in [3.05, 3.63) is 42.0 Å². The lowest BCUT2D eigenvalue weighted by atomic mass is 9.86. The van der Waals surface area contributed by atoms with Crippen LogP contribution in [0.3, 0.4) is 0 Å². The number of benzene rings is 1. The van der Waals surface area contributed by atoms with Crippen molar-refractivity contribution >= 4 is 11.5 Å². The van der Waals surface area contributed by atoms with Crippen molar-refractivity contribution in [2.24, 2.45) is 5.92 Å². The van der Waals surface area contributed by atoms with E-state index >= 15 is 0 Å². The Morgan fingerprint density at radius 2 is 1.67 bits per heavy atom. The normalized spacial score (nSPS) is 27.8. The Morgan fingerprint density at radius 1 is 0.926 bits per heavy atom. The Balaban J connectivity index is 1.23. The second-order valence-corrected chi connectivity index (χ2v) is 8.69. The standard InChI is InChI=1S/C24H34N2O/c27-24(21-9-5-2-6-10-21)25-22-11-13-23(14-12-22)26-17-15-20(16-18-26)19-7-3-1-4-8-19/h1,3-4,7-8,15,21-23H,2,5-6,9-14,16-18H2,(H,25,27)/t22-,23-. The van der Waals surface area contributed by atoms with Gasteiger partial charge in [0.15, 0.2) is 0 Å². The summed E-state index contributed by atoms with van der Waals surface area (Å²) in [4.78, 5) is 15.1. The molecule has 2 saturated carbocycles. The number of amides is 1. The van der Waals surface area contributed by atoms with Gasteiger partial charge in [0.1, 0.15) is 0 Å². The molecule has 3 aliphatic rings. The minimum Gasteiger partial charge on any atom is -0.353 e. The molecule has 2 aliphatic carbocycles. The molecule has 3 heteroatoms. The zero-order chi connectivity index (χ0) is 18.5. The number of carbonyl (C=O) groups is 1. The Hall–Kier alpha value is -1.61. The average Bonchev–Trinajstić information content (AvgIpc) is 2.76. The predicted octanol–water partition coefficient (Wildman–Crippen LogP) is 4.78. The quantitative estimate of drug-likeness (QED) is 0.831. The molecule has 1 aromatic carbocycles. The average molecular weight is 367 g/mol. The third-order valence-corrected chi connectivity index (χ3v) is 6.92. The summed E-state index contributed by atoms with van der Waals surface area (Å²) in [5.41, 5.74) is 2.88. The fourth-order valence-corrected chi connectivity index (χ4v) is 5.20. The zero-order valence-corrected chi connectivity index (χ0v) is 16.5. The Labute approximate surface area is 164 Å². The fourth-order valence-electron chi connectivity index (χ4n) is 5.20. The number of hydrogen-bond acceptors (Lipinski definition) is 2. The van der Waals surface area contributed by atoms with Crippen molar-refractivity contribution in [3.63, 3.8) is 0 Å². The molecule has 1 amide bonds. The van der Waals surface area contributed by atoms with Crippen LogP contribution in [0.15, 0.2) is 36.4 Å². The highest BCUT2D eigenvalue weighted by Crippen LogP contribution is 2.29. The molecule has 1 heterocycles. The van der Waals surface area contributed by atoms with Crippen LogP contribution in [-0.4, -0.2) is 36.0 Å². The number of nitrogens with zero attached hydrogens (tertiary/aromatic N) is 1. The van der Waals surface area contributed by atoms with Gasteiger partial charge in [-0.05, 0) is 56.1 Å². The van der Waals surface area contributed by atoms with Gasteiger partial charge in [-0.2, -0.15) is 0 Å². The molecule has 4 rings (SSSR count). The highest BCUT2D eigenvalue weighted by molar-refractivity contribution is 5.79. The summed E-state index contributed by atoms with van der Waals surface area (Å²) in [6, 6.07) is 11.9. The molecule has 2 fully saturated rings. The van der Waals surface area contributed by atoms with Crippen LogP contribution in [0.4, 0.5) is 0 Å². The molecule has 0 aromatic heterocycles. The maximum absolute atomic E-state index is 12.5. The molecular weight excluding hydrogens is 332 g/mol. The zero-order valence-electron chi connectivity index (χ0n) is 16.5. The molecule has 0 atom stereocenters. The van der Waals surface area contributed by atoms with E-state index in [1.54, 1.807) is 0 Å². The van der Waals surface area contributed by atoms with Crippen LogP contribution < -0.4 is 5.32 Å². The molecule has 1 aromatic rings. The molecule has 0 spiro atoms. The van der Waals surface area contributed by atoms with Crippen LogP contribution in [0, 0.1) is 5.92 Å². The van der Waals surface area contributed by atoms with Gasteiger partial charge < -0.3 is 5.32 Å². The third kappa shape index (κ3) is 4.82. The second-order valence-electron chi connectivity index (χ2n) is 8.69. The molecule has 0 radical (unpaired) electrons. The molecule has 0 saturated heterocycles. The summed E-state index contributed by atoms with van der Waals surface area (Å²) in [6.07, 6.45) is 14.3. The Morgan fingerprint density at radius 3 is 2.33 bits per heavy atom. The van der Waals surface area contributed by atoms with Crippen LogP contribution >= 0.6 is 0 Å². The molecule has 3 nitrogen and oxygen atoms in total. The topological polar surface area (TPSA) is 32.3 Å². The minimum atomic E-state index is 0.292. The lowest BCUT2D eigenvalue weighted by molar-refractivity contribution is -0.127. The van der Waals surface area contributed by atoms with Gasteiger partial charge in [-0.15, -0.1) is 0 Å². The van der Waals surface area contributed by atoms with E-state index in [2.05, 4.69) is 46.6 Å². The number of nitrogens with one attached hydrogen (secondary N) is 1. The van der Waals surface area contributed by atoms with Gasteiger partial charge >= 0.3 is 0 Å². The largest absolute Gasteiger partial charge is 0.353 e. The van der Waals surface area contributed by atoms with Gasteiger partial charge in [0, 0.05) is 31.1 Å². The maximum atomic E-state index is 12.5. The maximum Gasteiger partial charge on any atom is 0.223 e. The highest BCUT2D eigenvalue weighted by atomic mass is 16.1. The summed E-state index contributed by atoms with van der Waals surface area (Å²) >= 11 is 0. The van der Waals surface area contributed by atoms with E-state index in [1.807, 2.05) is 0 Å². The number of carbonyl (C=O) groups excluding carboxylic acids is 1. The van der Waals surface area contributed by atoms with Gasteiger partial charge in [0.05, 0.1) is 0 Å². The minimum absolute atomic E-state index is 0.292. The molecule has 0 unspecified atom stereocenters. The van der Waals surface area contributed by atoms with Gasteiger partial charge in [-0.25, -0.2) is 0 Å². The van der Waals surface area contributed by atoms with Crippen molar-refractivity contribution in [2.45, 2.75) is 76.3 Å². The monoisotopic (exact) mass is 366 g/mol. The van der Waals surface area contributed by atoms with Gasteiger partial charge in [-0.3, -0.25) is 9.69 Å². The first-order valence-corrected chi connectivity index (χ1v) is 11.1. The van der Waals surface area contributed by atoms with E-state index in [4.69, 9.17) is 0 Å². The van der Waals surface area contributed by atoms with Crippen molar-refractivity contribution in [1.82, 2.24) is 10.2 Å². The van der Waals surface area contributed by atoms with E-state index in [0.29, 0.717) is 23.9 Å². The second kappa shape index (κ2) is 9.05. The van der Waals surface area contributed by atoms with E-state index < -0.39 is 0 Å². The Kier molecular flexibility index (Phi) is 6.28. The van der Waals surface area contributed by atoms with Gasteiger partial charge in [0.25, 0.3) is 0 Å². The summed E-state index contributed by atoms with van der Waals surface area (Å²) < 4.78 is 0. The van der Waals surface area contributed by atoms with Crippen LogP contribution in [0.2, 0.25) is 0 Å².